The third-order valence-electron chi connectivity index (χ3n) is 8.38. The molecule has 0 radical (unpaired) electrons. The zero-order chi connectivity index (χ0) is 24.6. The Hall–Kier alpha value is -2.93. The summed E-state index contributed by atoms with van der Waals surface area (Å²) in [5.41, 5.74) is 11.8. The third kappa shape index (κ3) is 3.80. The van der Waals surface area contributed by atoms with Gasteiger partial charge in [0.05, 0.1) is 5.69 Å². The van der Waals surface area contributed by atoms with Gasteiger partial charge >= 0.3 is 0 Å². The number of hydrogen-bond acceptors (Lipinski definition) is 1. The fourth-order valence-corrected chi connectivity index (χ4v) is 6.68. The first-order valence-electron chi connectivity index (χ1n) is 13.2. The van der Waals surface area contributed by atoms with Gasteiger partial charge in [-0.05, 0) is 92.1 Å². The number of hydrogen-bond donors (Lipinski definition) is 0. The molecule has 0 atom stereocenters. The smallest absolute Gasteiger partial charge is 0.0711 e. The second-order valence-electron chi connectivity index (χ2n) is 13.2. The summed E-state index contributed by atoms with van der Waals surface area (Å²) in [6.45, 7) is 13.8. The van der Waals surface area contributed by atoms with Crippen LogP contribution >= 0.6 is 0 Å². The fourth-order valence-electron chi connectivity index (χ4n) is 6.68. The first-order chi connectivity index (χ1) is 16.5. The molecule has 1 heteroatoms. The van der Waals surface area contributed by atoms with Crippen LogP contribution in [-0.2, 0) is 36.5 Å². The van der Waals surface area contributed by atoms with Crippen LogP contribution in [0.5, 0.6) is 0 Å². The van der Waals surface area contributed by atoms with Gasteiger partial charge in [-0.3, -0.25) is 4.98 Å². The van der Waals surface area contributed by atoms with Crippen molar-refractivity contribution in [2.45, 2.75) is 78.1 Å². The van der Waals surface area contributed by atoms with Gasteiger partial charge in [-0.25, -0.2) is 0 Å². The van der Waals surface area contributed by atoms with Crippen LogP contribution in [0.25, 0.3) is 22.0 Å². The minimum Gasteiger partial charge on any atom is -0.256 e. The van der Waals surface area contributed by atoms with Gasteiger partial charge < -0.3 is 0 Å². The van der Waals surface area contributed by atoms with Gasteiger partial charge in [0.1, 0.15) is 0 Å². The lowest BCUT2D eigenvalue weighted by atomic mass is 9.75. The Morgan fingerprint density at radius 2 is 1.23 bits per heavy atom. The van der Waals surface area contributed by atoms with Crippen molar-refractivity contribution >= 4 is 10.8 Å². The monoisotopic (exact) mass is 459 g/mol. The number of fused-ring (bicyclic) bond motifs is 3. The minimum atomic E-state index is 0.0655. The van der Waals surface area contributed by atoms with Gasteiger partial charge in [0, 0.05) is 11.8 Å². The van der Waals surface area contributed by atoms with Crippen LogP contribution in [0.1, 0.15) is 74.9 Å². The lowest BCUT2D eigenvalue weighted by Crippen LogP contribution is -2.22. The first kappa shape index (κ1) is 22.5. The molecule has 1 aromatic heterocycles. The van der Waals surface area contributed by atoms with Crippen molar-refractivity contribution in [2.24, 2.45) is 5.41 Å². The van der Waals surface area contributed by atoms with E-state index in [4.69, 9.17) is 4.98 Å². The second kappa shape index (κ2) is 7.53. The Kier molecular flexibility index (Phi) is 4.85. The van der Waals surface area contributed by atoms with Crippen LogP contribution in [0.15, 0.2) is 66.9 Å². The third-order valence-corrected chi connectivity index (χ3v) is 8.38. The molecule has 0 fully saturated rings. The summed E-state index contributed by atoms with van der Waals surface area (Å²) in [5, 5.41) is 2.68. The molecule has 0 saturated heterocycles. The Balaban J connectivity index is 1.44. The van der Waals surface area contributed by atoms with Crippen molar-refractivity contribution in [2.75, 3.05) is 0 Å². The molecule has 1 heterocycles. The molecule has 1 spiro atoms. The highest BCUT2D eigenvalue weighted by Crippen LogP contribution is 2.48. The molecular weight excluding hydrogens is 422 g/mol. The van der Waals surface area contributed by atoms with Crippen molar-refractivity contribution in [1.82, 2.24) is 4.98 Å². The summed E-state index contributed by atoms with van der Waals surface area (Å²) in [4.78, 5) is 5.03. The molecule has 4 aromatic rings. The SMILES string of the molecule is CC(C)(C)c1cnc(-c2cccc3cc4c(cc23)CC2(Cc3ccccc3C2)C4)cc1C(C)(C)C. The number of rotatable bonds is 1. The standard InChI is InChI=1S/C34H37N/c1-32(2,3)29-16-31(35-21-30(29)33(4,5)6)27-13-9-12-22-14-25-19-34(20-26(25)15-28(22)27)17-23-10-7-8-11-24(23)18-34/h7-16,21H,17-20H2,1-6H3. The molecule has 0 bridgehead atoms. The highest BCUT2D eigenvalue weighted by atomic mass is 14.7. The summed E-state index contributed by atoms with van der Waals surface area (Å²) >= 11 is 0. The zero-order valence-electron chi connectivity index (χ0n) is 22.1. The van der Waals surface area contributed by atoms with E-state index in [1.165, 1.54) is 53.1 Å². The summed E-state index contributed by atoms with van der Waals surface area (Å²) in [5.74, 6) is 0. The predicted molar refractivity (Wildman–Crippen MR) is 148 cm³/mol. The number of benzene rings is 3. The van der Waals surface area contributed by atoms with Crippen LogP contribution in [0.3, 0.4) is 0 Å². The number of nitrogens with zero attached hydrogens (tertiary/aromatic N) is 1. The highest BCUT2D eigenvalue weighted by Gasteiger charge is 2.42. The van der Waals surface area contributed by atoms with E-state index in [0.717, 1.165) is 5.69 Å². The molecule has 35 heavy (non-hydrogen) atoms. The van der Waals surface area contributed by atoms with Gasteiger partial charge in [0.25, 0.3) is 0 Å². The first-order valence-corrected chi connectivity index (χ1v) is 13.2. The van der Waals surface area contributed by atoms with Gasteiger partial charge in [-0.2, -0.15) is 0 Å². The van der Waals surface area contributed by atoms with Gasteiger partial charge in [0.15, 0.2) is 0 Å². The summed E-state index contributed by atoms with van der Waals surface area (Å²) < 4.78 is 0. The summed E-state index contributed by atoms with van der Waals surface area (Å²) in [7, 11) is 0. The van der Waals surface area contributed by atoms with Crippen LogP contribution in [0.2, 0.25) is 0 Å². The van der Waals surface area contributed by atoms with Crippen molar-refractivity contribution < 1.29 is 0 Å². The number of pyridine rings is 1. The van der Waals surface area contributed by atoms with E-state index in [2.05, 4.69) is 108 Å². The highest BCUT2D eigenvalue weighted by molar-refractivity contribution is 5.97. The molecule has 0 saturated carbocycles. The molecule has 0 unspecified atom stereocenters. The van der Waals surface area contributed by atoms with Gasteiger partial charge in [-0.15, -0.1) is 0 Å². The topological polar surface area (TPSA) is 12.9 Å². The Morgan fingerprint density at radius 1 is 0.629 bits per heavy atom. The average Bonchev–Trinajstić information content (AvgIpc) is 3.32. The molecular formula is C34H37N. The maximum Gasteiger partial charge on any atom is 0.0711 e. The van der Waals surface area contributed by atoms with Gasteiger partial charge in [-0.1, -0.05) is 96.1 Å². The van der Waals surface area contributed by atoms with E-state index in [1.54, 1.807) is 22.3 Å². The van der Waals surface area contributed by atoms with Crippen LogP contribution in [0.4, 0.5) is 0 Å². The molecule has 3 aromatic carbocycles. The summed E-state index contributed by atoms with van der Waals surface area (Å²) in [6, 6.07) is 23.1. The maximum atomic E-state index is 5.03. The van der Waals surface area contributed by atoms with E-state index in [0.29, 0.717) is 5.41 Å². The van der Waals surface area contributed by atoms with Gasteiger partial charge in [0.2, 0.25) is 0 Å². The van der Waals surface area contributed by atoms with E-state index in [9.17, 15) is 0 Å². The molecule has 2 aliphatic carbocycles. The lowest BCUT2D eigenvalue weighted by Gasteiger charge is -2.30. The molecule has 6 rings (SSSR count). The number of aromatic nitrogens is 1. The zero-order valence-corrected chi connectivity index (χ0v) is 22.1. The maximum absolute atomic E-state index is 5.03. The predicted octanol–water partition coefficient (Wildman–Crippen LogP) is 8.38. The van der Waals surface area contributed by atoms with Crippen molar-refractivity contribution in [3.8, 4) is 11.3 Å². The molecule has 0 aliphatic heterocycles. The largest absolute Gasteiger partial charge is 0.256 e. The van der Waals surface area contributed by atoms with Crippen molar-refractivity contribution in [3.05, 3.63) is 100 Å². The summed E-state index contributed by atoms with van der Waals surface area (Å²) in [6.07, 6.45) is 6.94. The van der Waals surface area contributed by atoms with Crippen molar-refractivity contribution in [1.29, 1.82) is 0 Å². The Morgan fingerprint density at radius 3 is 1.86 bits per heavy atom. The van der Waals surface area contributed by atoms with E-state index in [1.807, 2.05) is 0 Å². The van der Waals surface area contributed by atoms with Crippen LogP contribution in [0, 0.1) is 5.41 Å². The molecule has 0 N–H and O–H groups in total. The van der Waals surface area contributed by atoms with E-state index in [-0.39, 0.29) is 10.8 Å². The second-order valence-corrected chi connectivity index (χ2v) is 13.2. The molecule has 2 aliphatic rings. The van der Waals surface area contributed by atoms with Crippen LogP contribution in [-0.4, -0.2) is 4.98 Å². The lowest BCUT2D eigenvalue weighted by molar-refractivity contribution is 0.326. The Bertz CT molecular complexity index is 1430. The molecule has 0 amide bonds. The Labute approximate surface area is 210 Å². The average molecular weight is 460 g/mol. The normalized spacial score (nSPS) is 16.6. The minimum absolute atomic E-state index is 0.0655. The fraction of sp³-hybridized carbons (Fsp3) is 0.382. The van der Waals surface area contributed by atoms with Crippen molar-refractivity contribution in [3.63, 3.8) is 0 Å². The quantitative estimate of drug-likeness (QED) is 0.278. The van der Waals surface area contributed by atoms with Crippen LogP contribution < -0.4 is 0 Å². The van der Waals surface area contributed by atoms with E-state index < -0.39 is 0 Å². The molecule has 178 valence electrons. The van der Waals surface area contributed by atoms with E-state index >= 15 is 0 Å². The molecule has 1 nitrogen and oxygen atoms in total.